The fraction of sp³-hybridized carbons (Fsp3) is 0.357. The highest BCUT2D eigenvalue weighted by Gasteiger charge is 2.17. The number of nitrogen functional groups attached to an aromatic ring is 1. The van der Waals surface area contributed by atoms with E-state index in [0.29, 0.717) is 4.47 Å². The molecule has 8 heteroatoms. The van der Waals surface area contributed by atoms with Gasteiger partial charge in [-0.25, -0.2) is 9.59 Å². The van der Waals surface area contributed by atoms with Crippen LogP contribution < -0.4 is 16.4 Å². The molecule has 7 nitrogen and oxygen atoms in total. The minimum atomic E-state index is -0.745. The van der Waals surface area contributed by atoms with Gasteiger partial charge in [0.15, 0.2) is 6.61 Å². The largest absolute Gasteiger partial charge is 0.452 e. The summed E-state index contributed by atoms with van der Waals surface area (Å²) < 4.78 is 5.48. The van der Waals surface area contributed by atoms with Crippen LogP contribution in [0.4, 0.5) is 10.5 Å². The Kier molecular flexibility index (Phi) is 5.92. The summed E-state index contributed by atoms with van der Waals surface area (Å²) in [6.45, 7) is 4.73. The number of hydrogen-bond donors (Lipinski definition) is 3. The first-order valence-corrected chi connectivity index (χ1v) is 7.22. The molecule has 0 aromatic heterocycles. The Morgan fingerprint density at radius 2 is 1.91 bits per heavy atom. The fourth-order valence-corrected chi connectivity index (χ4v) is 1.81. The first-order valence-electron chi connectivity index (χ1n) is 6.42. The van der Waals surface area contributed by atoms with Gasteiger partial charge in [0, 0.05) is 15.7 Å². The maximum atomic E-state index is 11.8. The summed E-state index contributed by atoms with van der Waals surface area (Å²) in [6.07, 6.45) is 0. The second-order valence-corrected chi connectivity index (χ2v) is 6.48. The number of nitrogens with one attached hydrogen (secondary N) is 2. The molecule has 120 valence electrons. The number of nitrogens with two attached hydrogens (primary N) is 1. The van der Waals surface area contributed by atoms with Gasteiger partial charge in [-0.1, -0.05) is 15.9 Å². The monoisotopic (exact) mass is 371 g/mol. The quantitative estimate of drug-likeness (QED) is 0.554. The Morgan fingerprint density at radius 1 is 1.27 bits per heavy atom. The van der Waals surface area contributed by atoms with Crippen molar-refractivity contribution in [2.75, 3.05) is 12.3 Å². The molecule has 0 atom stereocenters. The standard InChI is InChI=1S/C14H18BrN3O4/c1-14(2,3)18-13(21)17-11(19)7-22-12(20)9-6-8(15)4-5-10(9)16/h4-6H,7,16H2,1-3H3,(H2,17,18,19,21). The second-order valence-electron chi connectivity index (χ2n) is 5.56. The van der Waals surface area contributed by atoms with Crippen LogP contribution in [0.1, 0.15) is 31.1 Å². The summed E-state index contributed by atoms with van der Waals surface area (Å²) in [6, 6.07) is 4.05. The van der Waals surface area contributed by atoms with E-state index in [2.05, 4.69) is 26.6 Å². The number of carbonyl (C=O) groups excluding carboxylic acids is 3. The first kappa shape index (κ1) is 18.0. The molecule has 0 heterocycles. The highest BCUT2D eigenvalue weighted by molar-refractivity contribution is 9.10. The van der Waals surface area contributed by atoms with E-state index in [4.69, 9.17) is 10.5 Å². The molecule has 0 saturated heterocycles. The maximum absolute atomic E-state index is 11.8. The van der Waals surface area contributed by atoms with Gasteiger partial charge in [0.2, 0.25) is 0 Å². The highest BCUT2D eigenvalue weighted by Crippen LogP contribution is 2.19. The Morgan fingerprint density at radius 3 is 2.50 bits per heavy atom. The van der Waals surface area contributed by atoms with Gasteiger partial charge in [-0.15, -0.1) is 0 Å². The Labute approximate surface area is 136 Å². The fourth-order valence-electron chi connectivity index (χ4n) is 1.45. The van der Waals surface area contributed by atoms with Crippen molar-refractivity contribution in [3.05, 3.63) is 28.2 Å². The van der Waals surface area contributed by atoms with Gasteiger partial charge in [0.1, 0.15) is 0 Å². The first-order chi connectivity index (χ1) is 10.1. The third-order valence-corrected chi connectivity index (χ3v) is 2.80. The number of amides is 3. The van der Waals surface area contributed by atoms with Crippen LogP contribution in [0, 0.1) is 0 Å². The van der Waals surface area contributed by atoms with Gasteiger partial charge in [0.05, 0.1) is 5.56 Å². The molecule has 0 radical (unpaired) electrons. The molecule has 1 rings (SSSR count). The van der Waals surface area contributed by atoms with Gasteiger partial charge in [0.25, 0.3) is 5.91 Å². The summed E-state index contributed by atoms with van der Waals surface area (Å²) in [7, 11) is 0. The van der Waals surface area contributed by atoms with Crippen LogP contribution in [-0.2, 0) is 9.53 Å². The highest BCUT2D eigenvalue weighted by atomic mass is 79.9. The van der Waals surface area contributed by atoms with Crippen LogP contribution in [-0.4, -0.2) is 30.1 Å². The van der Waals surface area contributed by atoms with Crippen molar-refractivity contribution < 1.29 is 19.1 Å². The maximum Gasteiger partial charge on any atom is 0.340 e. The van der Waals surface area contributed by atoms with Gasteiger partial charge in [-0.3, -0.25) is 10.1 Å². The van der Waals surface area contributed by atoms with Crippen LogP contribution in [0.3, 0.4) is 0 Å². The topological polar surface area (TPSA) is 111 Å². The predicted molar refractivity (Wildman–Crippen MR) is 85.3 cm³/mol. The summed E-state index contributed by atoms with van der Waals surface area (Å²) in [4.78, 5) is 34.8. The van der Waals surface area contributed by atoms with E-state index in [1.165, 1.54) is 12.1 Å². The molecule has 0 fully saturated rings. The third-order valence-electron chi connectivity index (χ3n) is 2.31. The summed E-state index contributed by atoms with van der Waals surface area (Å²) in [5.41, 5.74) is 5.56. The molecule has 0 aliphatic heterocycles. The van der Waals surface area contributed by atoms with Gasteiger partial charge < -0.3 is 15.8 Å². The Balaban J connectivity index is 2.52. The molecule has 1 aromatic carbocycles. The minimum absolute atomic E-state index is 0.140. The zero-order valence-corrected chi connectivity index (χ0v) is 14.1. The van der Waals surface area contributed by atoms with E-state index in [9.17, 15) is 14.4 Å². The van der Waals surface area contributed by atoms with Crippen LogP contribution in [0.25, 0.3) is 0 Å². The van der Waals surface area contributed by atoms with E-state index >= 15 is 0 Å². The molecule has 4 N–H and O–H groups in total. The zero-order chi connectivity index (χ0) is 16.9. The number of benzene rings is 1. The molecule has 0 saturated carbocycles. The summed E-state index contributed by atoms with van der Waals surface area (Å²) in [5.74, 6) is -1.48. The van der Waals surface area contributed by atoms with E-state index in [-0.39, 0.29) is 11.3 Å². The van der Waals surface area contributed by atoms with Crippen molar-refractivity contribution in [1.29, 1.82) is 0 Å². The molecule has 22 heavy (non-hydrogen) atoms. The lowest BCUT2D eigenvalue weighted by molar-refractivity contribution is -0.123. The molecule has 0 spiro atoms. The number of carbonyl (C=O) groups is 3. The average Bonchev–Trinajstić information content (AvgIpc) is 2.36. The molecule has 0 bridgehead atoms. The van der Waals surface area contributed by atoms with E-state index in [0.717, 1.165) is 0 Å². The minimum Gasteiger partial charge on any atom is -0.452 e. The number of imide groups is 1. The molecule has 0 unspecified atom stereocenters. The lowest BCUT2D eigenvalue weighted by Gasteiger charge is -2.20. The number of ether oxygens (including phenoxy) is 1. The lowest BCUT2D eigenvalue weighted by atomic mass is 10.1. The van der Waals surface area contributed by atoms with Crippen molar-refractivity contribution >= 4 is 39.5 Å². The van der Waals surface area contributed by atoms with E-state index in [1.54, 1.807) is 26.8 Å². The number of urea groups is 1. The van der Waals surface area contributed by atoms with Crippen LogP contribution in [0.15, 0.2) is 22.7 Å². The Hall–Kier alpha value is -2.09. The molecule has 1 aromatic rings. The van der Waals surface area contributed by atoms with Crippen LogP contribution in [0.2, 0.25) is 0 Å². The Bertz CT molecular complexity index is 596. The lowest BCUT2D eigenvalue weighted by Crippen LogP contribution is -2.49. The number of hydrogen-bond acceptors (Lipinski definition) is 5. The zero-order valence-electron chi connectivity index (χ0n) is 12.5. The van der Waals surface area contributed by atoms with Crippen LogP contribution >= 0.6 is 15.9 Å². The van der Waals surface area contributed by atoms with Crippen molar-refractivity contribution in [2.24, 2.45) is 0 Å². The van der Waals surface area contributed by atoms with Crippen molar-refractivity contribution in [2.45, 2.75) is 26.3 Å². The smallest absolute Gasteiger partial charge is 0.340 e. The molecule has 0 aliphatic carbocycles. The van der Waals surface area contributed by atoms with Crippen molar-refractivity contribution in [3.8, 4) is 0 Å². The molecular formula is C14H18BrN3O4. The predicted octanol–water partition coefficient (Wildman–Crippen LogP) is 1.81. The normalized spacial score (nSPS) is 10.7. The van der Waals surface area contributed by atoms with Crippen LogP contribution in [0.5, 0.6) is 0 Å². The average molecular weight is 372 g/mol. The SMILES string of the molecule is CC(C)(C)NC(=O)NC(=O)COC(=O)c1cc(Br)ccc1N. The summed E-state index contributed by atoms with van der Waals surface area (Å²) in [5, 5.41) is 4.61. The van der Waals surface area contributed by atoms with E-state index in [1.807, 2.05) is 0 Å². The number of halogens is 1. The number of esters is 1. The van der Waals surface area contributed by atoms with Crippen molar-refractivity contribution in [1.82, 2.24) is 10.6 Å². The molecule has 0 aliphatic rings. The van der Waals surface area contributed by atoms with Gasteiger partial charge in [-0.05, 0) is 39.0 Å². The van der Waals surface area contributed by atoms with Gasteiger partial charge >= 0.3 is 12.0 Å². The van der Waals surface area contributed by atoms with Crippen molar-refractivity contribution in [3.63, 3.8) is 0 Å². The number of anilines is 1. The molecule has 3 amide bonds. The number of rotatable bonds is 3. The van der Waals surface area contributed by atoms with Gasteiger partial charge in [-0.2, -0.15) is 0 Å². The summed E-state index contributed by atoms with van der Waals surface area (Å²) >= 11 is 3.21. The second kappa shape index (κ2) is 7.26. The van der Waals surface area contributed by atoms with E-state index < -0.39 is 30.1 Å². The molecular weight excluding hydrogens is 354 g/mol. The third kappa shape index (κ3) is 6.13.